The SMILES string of the molecule is C#CCN(Cc1cc(-c2ccccc2F)no1)S(=O)(=O)c1ccc(C)cc1. The highest BCUT2D eigenvalue weighted by Crippen LogP contribution is 2.24. The molecule has 0 radical (unpaired) electrons. The van der Waals surface area contributed by atoms with Crippen molar-refractivity contribution in [3.05, 3.63) is 71.7 Å². The molecule has 27 heavy (non-hydrogen) atoms. The molecular weight excluding hydrogens is 367 g/mol. The Morgan fingerprint density at radius 3 is 2.56 bits per heavy atom. The van der Waals surface area contributed by atoms with Gasteiger partial charge in [0.05, 0.1) is 18.0 Å². The van der Waals surface area contributed by atoms with Gasteiger partial charge in [0.25, 0.3) is 0 Å². The summed E-state index contributed by atoms with van der Waals surface area (Å²) in [6.45, 7) is 1.63. The number of benzene rings is 2. The molecule has 0 saturated heterocycles. The molecule has 1 aromatic heterocycles. The Labute approximate surface area is 157 Å². The summed E-state index contributed by atoms with van der Waals surface area (Å²) in [7, 11) is -3.81. The molecule has 5 nitrogen and oxygen atoms in total. The van der Waals surface area contributed by atoms with Crippen LogP contribution >= 0.6 is 0 Å². The number of sulfonamides is 1. The second kappa shape index (κ2) is 7.74. The van der Waals surface area contributed by atoms with Crippen LogP contribution in [0.5, 0.6) is 0 Å². The molecular formula is C20H17FN2O3S. The minimum absolute atomic E-state index is 0.109. The summed E-state index contributed by atoms with van der Waals surface area (Å²) in [6.07, 6.45) is 5.35. The van der Waals surface area contributed by atoms with Crippen LogP contribution in [0.2, 0.25) is 0 Å². The Kier molecular flexibility index (Phi) is 5.40. The zero-order valence-corrected chi connectivity index (χ0v) is 15.4. The largest absolute Gasteiger partial charge is 0.359 e. The van der Waals surface area contributed by atoms with Gasteiger partial charge in [-0.25, -0.2) is 12.8 Å². The van der Waals surface area contributed by atoms with Crippen molar-refractivity contribution in [2.24, 2.45) is 0 Å². The number of aryl methyl sites for hydroxylation is 1. The zero-order chi connectivity index (χ0) is 19.4. The van der Waals surface area contributed by atoms with Crippen LogP contribution in [0.1, 0.15) is 11.3 Å². The van der Waals surface area contributed by atoms with E-state index in [9.17, 15) is 12.8 Å². The molecule has 7 heteroatoms. The third kappa shape index (κ3) is 4.08. The van der Waals surface area contributed by atoms with Gasteiger partial charge in [-0.2, -0.15) is 4.31 Å². The van der Waals surface area contributed by atoms with Crippen LogP contribution in [-0.2, 0) is 16.6 Å². The van der Waals surface area contributed by atoms with Gasteiger partial charge in [-0.15, -0.1) is 6.42 Å². The van der Waals surface area contributed by atoms with Crippen LogP contribution in [0, 0.1) is 25.1 Å². The number of nitrogens with zero attached hydrogens (tertiary/aromatic N) is 2. The second-order valence-electron chi connectivity index (χ2n) is 5.95. The molecule has 0 unspecified atom stereocenters. The van der Waals surface area contributed by atoms with E-state index in [1.165, 1.54) is 24.3 Å². The van der Waals surface area contributed by atoms with Gasteiger partial charge in [-0.1, -0.05) is 40.9 Å². The molecule has 0 bridgehead atoms. The van der Waals surface area contributed by atoms with E-state index in [2.05, 4.69) is 11.1 Å². The molecule has 0 atom stereocenters. The summed E-state index contributed by atoms with van der Waals surface area (Å²) >= 11 is 0. The molecule has 0 fully saturated rings. The number of terminal acetylenes is 1. The Morgan fingerprint density at radius 2 is 1.89 bits per heavy atom. The fourth-order valence-corrected chi connectivity index (χ4v) is 3.86. The van der Waals surface area contributed by atoms with Crippen molar-refractivity contribution in [3.8, 4) is 23.6 Å². The number of halogens is 1. The van der Waals surface area contributed by atoms with Crippen molar-refractivity contribution in [1.29, 1.82) is 0 Å². The molecule has 3 rings (SSSR count). The lowest BCUT2D eigenvalue weighted by atomic mass is 10.1. The summed E-state index contributed by atoms with van der Waals surface area (Å²) in [4.78, 5) is 0.136. The summed E-state index contributed by atoms with van der Waals surface area (Å²) in [5.74, 6) is 2.17. The minimum atomic E-state index is -3.81. The van der Waals surface area contributed by atoms with Crippen molar-refractivity contribution in [1.82, 2.24) is 9.46 Å². The fraction of sp³-hybridized carbons (Fsp3) is 0.150. The highest BCUT2D eigenvalue weighted by Gasteiger charge is 2.25. The van der Waals surface area contributed by atoms with E-state index in [0.717, 1.165) is 9.87 Å². The van der Waals surface area contributed by atoms with Crippen LogP contribution in [0.15, 0.2) is 64.0 Å². The van der Waals surface area contributed by atoms with Gasteiger partial charge in [0.2, 0.25) is 10.0 Å². The fourth-order valence-electron chi connectivity index (χ4n) is 2.54. The van der Waals surface area contributed by atoms with Gasteiger partial charge < -0.3 is 4.52 Å². The average Bonchev–Trinajstić information content (AvgIpc) is 3.10. The minimum Gasteiger partial charge on any atom is -0.359 e. The monoisotopic (exact) mass is 384 g/mol. The highest BCUT2D eigenvalue weighted by atomic mass is 32.2. The van der Waals surface area contributed by atoms with Crippen molar-refractivity contribution >= 4 is 10.0 Å². The predicted molar refractivity (Wildman–Crippen MR) is 99.5 cm³/mol. The Bertz CT molecular complexity index is 1080. The molecule has 0 N–H and O–H groups in total. The Balaban J connectivity index is 1.88. The molecule has 2 aromatic carbocycles. The van der Waals surface area contributed by atoms with Gasteiger partial charge in [0.15, 0.2) is 5.76 Å². The smallest absolute Gasteiger partial charge is 0.244 e. The summed E-state index contributed by atoms with van der Waals surface area (Å²) in [5, 5.41) is 3.84. The molecule has 0 aliphatic rings. The van der Waals surface area contributed by atoms with Crippen LogP contribution in [0.25, 0.3) is 11.3 Å². The molecule has 0 amide bonds. The first-order chi connectivity index (χ1) is 12.9. The van der Waals surface area contributed by atoms with Gasteiger partial charge in [-0.05, 0) is 31.2 Å². The van der Waals surface area contributed by atoms with Crippen LogP contribution in [-0.4, -0.2) is 24.4 Å². The first-order valence-electron chi connectivity index (χ1n) is 8.12. The van der Waals surface area contributed by atoms with Crippen molar-refractivity contribution in [2.75, 3.05) is 6.54 Å². The first kappa shape index (κ1) is 18.8. The van der Waals surface area contributed by atoms with Crippen LogP contribution < -0.4 is 0 Å². The van der Waals surface area contributed by atoms with Crippen molar-refractivity contribution in [2.45, 2.75) is 18.4 Å². The molecule has 0 spiro atoms. The third-order valence-electron chi connectivity index (χ3n) is 3.97. The van der Waals surface area contributed by atoms with Crippen molar-refractivity contribution < 1.29 is 17.3 Å². The van der Waals surface area contributed by atoms with E-state index in [4.69, 9.17) is 10.9 Å². The molecule has 0 aliphatic heterocycles. The predicted octanol–water partition coefficient (Wildman–Crippen LogP) is 3.61. The lowest BCUT2D eigenvalue weighted by Crippen LogP contribution is -2.31. The summed E-state index contributed by atoms with van der Waals surface area (Å²) < 4.78 is 46.0. The maximum atomic E-state index is 13.9. The normalized spacial score (nSPS) is 11.5. The summed E-state index contributed by atoms with van der Waals surface area (Å²) in [5.41, 5.74) is 1.51. The topological polar surface area (TPSA) is 63.4 Å². The van der Waals surface area contributed by atoms with E-state index < -0.39 is 15.8 Å². The molecule has 3 aromatic rings. The van der Waals surface area contributed by atoms with E-state index >= 15 is 0 Å². The molecule has 0 saturated carbocycles. The molecule has 0 aliphatic carbocycles. The molecule has 1 heterocycles. The number of aromatic nitrogens is 1. The molecule has 138 valence electrons. The van der Waals surface area contributed by atoms with Gasteiger partial charge in [0.1, 0.15) is 11.5 Å². The number of hydrogen-bond donors (Lipinski definition) is 0. The lowest BCUT2D eigenvalue weighted by molar-refractivity contribution is 0.336. The second-order valence-corrected chi connectivity index (χ2v) is 7.89. The lowest BCUT2D eigenvalue weighted by Gasteiger charge is -2.18. The standard InChI is InChI=1S/C20H17FN2O3S/c1-3-12-23(27(24,25)17-10-8-15(2)9-11-17)14-16-13-20(22-26-16)18-6-4-5-7-19(18)21/h1,4-11,13H,12,14H2,2H3. The van der Waals surface area contributed by atoms with E-state index in [-0.39, 0.29) is 35.0 Å². The summed E-state index contributed by atoms with van der Waals surface area (Å²) in [6, 6.07) is 14.1. The average molecular weight is 384 g/mol. The third-order valence-corrected chi connectivity index (χ3v) is 5.77. The van der Waals surface area contributed by atoms with Crippen LogP contribution in [0.3, 0.4) is 0 Å². The first-order valence-corrected chi connectivity index (χ1v) is 9.56. The van der Waals surface area contributed by atoms with Gasteiger partial charge >= 0.3 is 0 Å². The Morgan fingerprint density at radius 1 is 1.19 bits per heavy atom. The van der Waals surface area contributed by atoms with Crippen molar-refractivity contribution in [3.63, 3.8) is 0 Å². The van der Waals surface area contributed by atoms with Gasteiger partial charge in [-0.3, -0.25) is 0 Å². The van der Waals surface area contributed by atoms with E-state index in [0.29, 0.717) is 0 Å². The van der Waals surface area contributed by atoms with E-state index in [1.807, 2.05) is 6.92 Å². The van der Waals surface area contributed by atoms with E-state index in [1.54, 1.807) is 30.3 Å². The van der Waals surface area contributed by atoms with Gasteiger partial charge in [0, 0.05) is 11.6 Å². The Hall–Kier alpha value is -2.95. The van der Waals surface area contributed by atoms with Crippen LogP contribution in [0.4, 0.5) is 4.39 Å². The maximum Gasteiger partial charge on any atom is 0.244 e. The maximum absolute atomic E-state index is 13.9. The zero-order valence-electron chi connectivity index (χ0n) is 14.6. The number of hydrogen-bond acceptors (Lipinski definition) is 4. The number of rotatable bonds is 6. The highest BCUT2D eigenvalue weighted by molar-refractivity contribution is 7.89. The quantitative estimate of drug-likeness (QED) is 0.609.